The van der Waals surface area contributed by atoms with Crippen LogP contribution in [0, 0.1) is 16.0 Å². The summed E-state index contributed by atoms with van der Waals surface area (Å²) in [4.78, 5) is 34.5. The van der Waals surface area contributed by atoms with Crippen molar-refractivity contribution in [1.29, 1.82) is 0 Å². The Morgan fingerprint density at radius 3 is 2.41 bits per heavy atom. The number of hydrogen-bond donors (Lipinski definition) is 3. The lowest BCUT2D eigenvalue weighted by molar-refractivity contribution is -0.384. The van der Waals surface area contributed by atoms with Crippen LogP contribution in [0.25, 0.3) is 0 Å². The normalized spacial score (nSPS) is 10.2. The summed E-state index contributed by atoms with van der Waals surface area (Å²) in [5.74, 6) is 0.141. The van der Waals surface area contributed by atoms with E-state index in [9.17, 15) is 19.7 Å². The van der Waals surface area contributed by atoms with Gasteiger partial charge in [-0.1, -0.05) is 26.0 Å². The largest absolute Gasteiger partial charge is 0.493 e. The molecular formula is C21H24N4O6S. The monoisotopic (exact) mass is 460 g/mol. The fourth-order valence-electron chi connectivity index (χ4n) is 2.36. The third-order valence-electron chi connectivity index (χ3n) is 4.04. The number of nitrogens with zero attached hydrogens (tertiary/aromatic N) is 1. The molecule has 2 rings (SSSR count). The Morgan fingerprint density at radius 2 is 1.75 bits per heavy atom. The van der Waals surface area contributed by atoms with Gasteiger partial charge in [0.05, 0.1) is 17.1 Å². The lowest BCUT2D eigenvalue weighted by atomic mass is 10.1. The molecule has 0 radical (unpaired) electrons. The number of carbonyl (C=O) groups is 2. The second kappa shape index (κ2) is 12.2. The van der Waals surface area contributed by atoms with Gasteiger partial charge in [-0.3, -0.25) is 35.9 Å². The number of benzene rings is 2. The summed E-state index contributed by atoms with van der Waals surface area (Å²) < 4.78 is 10.9. The van der Waals surface area contributed by atoms with Gasteiger partial charge in [-0.05, 0) is 48.8 Å². The minimum atomic E-state index is -0.572. The van der Waals surface area contributed by atoms with Crippen molar-refractivity contribution < 1.29 is 24.0 Å². The number of nitrogens with one attached hydrogen (secondary N) is 3. The van der Waals surface area contributed by atoms with Crippen LogP contribution in [0.1, 0.15) is 30.6 Å². The number of rotatable bonds is 9. The molecule has 2 aromatic rings. The third kappa shape index (κ3) is 8.19. The molecule has 0 fully saturated rings. The standard InChI is InChI=1S/C21H24N4O6S/c1-14(2)11-12-30-18-6-4-3-5-17(18)20(27)22-21(32)24-23-19(26)13-31-16-9-7-15(8-10-16)25(28)29/h3-10,14H,11-13H2,1-2H3,(H,23,26)(H2,22,24,27,32). The van der Waals surface area contributed by atoms with Crippen molar-refractivity contribution in [3.63, 3.8) is 0 Å². The van der Waals surface area contributed by atoms with E-state index < -0.39 is 16.7 Å². The van der Waals surface area contributed by atoms with Gasteiger partial charge < -0.3 is 9.47 Å². The van der Waals surface area contributed by atoms with Crippen LogP contribution in [-0.4, -0.2) is 35.1 Å². The van der Waals surface area contributed by atoms with Crippen LogP contribution in [0.2, 0.25) is 0 Å². The molecular weight excluding hydrogens is 436 g/mol. The molecule has 0 atom stereocenters. The number of hydrogen-bond acceptors (Lipinski definition) is 7. The third-order valence-corrected chi connectivity index (χ3v) is 4.25. The minimum absolute atomic E-state index is 0.0866. The highest BCUT2D eigenvalue weighted by Gasteiger charge is 2.14. The maximum absolute atomic E-state index is 12.5. The quantitative estimate of drug-likeness (QED) is 0.296. The van der Waals surface area contributed by atoms with Crippen molar-refractivity contribution in [2.75, 3.05) is 13.2 Å². The summed E-state index contributed by atoms with van der Waals surface area (Å²) >= 11 is 5.03. The van der Waals surface area contributed by atoms with Gasteiger partial charge in [0.15, 0.2) is 11.7 Å². The van der Waals surface area contributed by atoms with E-state index in [1.54, 1.807) is 24.3 Å². The first kappa shape index (κ1) is 24.5. The topological polar surface area (TPSA) is 132 Å². The van der Waals surface area contributed by atoms with Gasteiger partial charge in [0.2, 0.25) is 0 Å². The first-order valence-electron chi connectivity index (χ1n) is 9.75. The number of ether oxygens (including phenoxy) is 2. The van der Waals surface area contributed by atoms with Crippen molar-refractivity contribution in [1.82, 2.24) is 16.2 Å². The van der Waals surface area contributed by atoms with Gasteiger partial charge >= 0.3 is 0 Å². The molecule has 0 aliphatic carbocycles. The highest BCUT2D eigenvalue weighted by molar-refractivity contribution is 7.80. The maximum atomic E-state index is 12.5. The van der Waals surface area contributed by atoms with E-state index in [0.717, 1.165) is 6.42 Å². The molecule has 2 amide bonds. The molecule has 3 N–H and O–H groups in total. The van der Waals surface area contributed by atoms with Crippen molar-refractivity contribution in [2.24, 2.45) is 5.92 Å². The summed E-state index contributed by atoms with van der Waals surface area (Å²) in [6, 6.07) is 12.1. The SMILES string of the molecule is CC(C)CCOc1ccccc1C(=O)NC(=S)NNC(=O)COc1ccc([N+](=O)[O-])cc1. The summed E-state index contributed by atoms with van der Waals surface area (Å²) in [6.45, 7) is 4.28. The highest BCUT2D eigenvalue weighted by Crippen LogP contribution is 2.19. The van der Waals surface area contributed by atoms with Crippen LogP contribution < -0.4 is 25.6 Å². The fourth-order valence-corrected chi connectivity index (χ4v) is 2.51. The number of non-ortho nitro benzene ring substituents is 1. The minimum Gasteiger partial charge on any atom is -0.493 e. The van der Waals surface area contributed by atoms with Crippen molar-refractivity contribution in [3.05, 3.63) is 64.2 Å². The summed E-state index contributed by atoms with van der Waals surface area (Å²) in [5.41, 5.74) is 4.93. The number of para-hydroxylation sites is 1. The average Bonchev–Trinajstić information content (AvgIpc) is 2.76. The van der Waals surface area contributed by atoms with E-state index >= 15 is 0 Å². The van der Waals surface area contributed by atoms with Gasteiger partial charge in [0.1, 0.15) is 11.5 Å². The smallest absolute Gasteiger partial charge is 0.276 e. The van der Waals surface area contributed by atoms with Crippen LogP contribution in [0.5, 0.6) is 11.5 Å². The number of thiocarbonyl (C=S) groups is 1. The fraction of sp³-hybridized carbons (Fsp3) is 0.286. The van der Waals surface area contributed by atoms with Crippen LogP contribution in [0.15, 0.2) is 48.5 Å². The van der Waals surface area contributed by atoms with E-state index in [4.69, 9.17) is 21.7 Å². The van der Waals surface area contributed by atoms with Crippen molar-refractivity contribution >= 4 is 34.8 Å². The molecule has 0 saturated carbocycles. The average molecular weight is 461 g/mol. The van der Waals surface area contributed by atoms with Gasteiger partial charge in [0, 0.05) is 12.1 Å². The lowest BCUT2D eigenvalue weighted by Gasteiger charge is -2.14. The molecule has 11 heteroatoms. The van der Waals surface area contributed by atoms with Crippen molar-refractivity contribution in [3.8, 4) is 11.5 Å². The molecule has 0 aliphatic heterocycles. The van der Waals surface area contributed by atoms with Gasteiger partial charge in [-0.15, -0.1) is 0 Å². The summed E-state index contributed by atoms with van der Waals surface area (Å²) in [6.07, 6.45) is 0.851. The number of nitro benzene ring substituents is 1. The first-order valence-corrected chi connectivity index (χ1v) is 10.2. The molecule has 0 spiro atoms. The lowest BCUT2D eigenvalue weighted by Crippen LogP contribution is -2.49. The zero-order chi connectivity index (χ0) is 23.5. The zero-order valence-corrected chi connectivity index (χ0v) is 18.4. The second-order valence-corrected chi connectivity index (χ2v) is 7.43. The van der Waals surface area contributed by atoms with Gasteiger partial charge in [-0.2, -0.15) is 0 Å². The summed E-state index contributed by atoms with van der Waals surface area (Å²) in [7, 11) is 0. The van der Waals surface area contributed by atoms with E-state index in [-0.39, 0.29) is 23.2 Å². The van der Waals surface area contributed by atoms with Crippen LogP contribution in [-0.2, 0) is 4.79 Å². The van der Waals surface area contributed by atoms with Crippen LogP contribution >= 0.6 is 12.2 Å². The first-order chi connectivity index (χ1) is 15.3. The Kier molecular flexibility index (Phi) is 9.36. The molecule has 0 aliphatic rings. The molecule has 0 saturated heterocycles. The number of hydrazine groups is 1. The van der Waals surface area contributed by atoms with E-state index in [2.05, 4.69) is 30.0 Å². The van der Waals surface area contributed by atoms with E-state index in [1.165, 1.54) is 24.3 Å². The Labute approximate surface area is 190 Å². The van der Waals surface area contributed by atoms with Gasteiger partial charge in [0.25, 0.3) is 17.5 Å². The predicted octanol–water partition coefficient (Wildman–Crippen LogP) is 2.73. The molecule has 170 valence electrons. The van der Waals surface area contributed by atoms with Crippen molar-refractivity contribution in [2.45, 2.75) is 20.3 Å². The molecule has 32 heavy (non-hydrogen) atoms. The Bertz CT molecular complexity index is 965. The van der Waals surface area contributed by atoms with Crippen LogP contribution in [0.4, 0.5) is 5.69 Å². The number of amides is 2. The Morgan fingerprint density at radius 1 is 1.06 bits per heavy atom. The maximum Gasteiger partial charge on any atom is 0.276 e. The highest BCUT2D eigenvalue weighted by atomic mass is 32.1. The number of carbonyl (C=O) groups excluding carboxylic acids is 2. The molecule has 2 aromatic carbocycles. The number of nitro groups is 1. The second-order valence-electron chi connectivity index (χ2n) is 7.02. The van der Waals surface area contributed by atoms with Crippen LogP contribution in [0.3, 0.4) is 0 Å². The van der Waals surface area contributed by atoms with E-state index in [0.29, 0.717) is 23.8 Å². The molecule has 0 aromatic heterocycles. The molecule has 10 nitrogen and oxygen atoms in total. The summed E-state index contributed by atoms with van der Waals surface area (Å²) in [5, 5.41) is 13.0. The predicted molar refractivity (Wildman–Crippen MR) is 121 cm³/mol. The Balaban J connectivity index is 1.78. The molecule has 0 unspecified atom stereocenters. The van der Waals surface area contributed by atoms with Gasteiger partial charge in [-0.25, -0.2) is 0 Å². The molecule has 0 heterocycles. The molecule has 0 bridgehead atoms. The Hall–Kier alpha value is -3.73. The van der Waals surface area contributed by atoms with E-state index in [1.807, 2.05) is 0 Å². The zero-order valence-electron chi connectivity index (χ0n) is 17.6.